The van der Waals surface area contributed by atoms with Crippen LogP contribution >= 0.6 is 0 Å². The maximum absolute atomic E-state index is 5.89. The molecule has 0 aliphatic rings. The van der Waals surface area contributed by atoms with Gasteiger partial charge >= 0.3 is 0 Å². The standard InChI is InChI=1S/C23H25NO2/c1-25-22-11-5-9-19(15-22)13-14-24-17-21-10-6-12-23(16-21)26-18-20-7-3-2-4-8-20/h2-12,15-16,24H,13-14,17-18H2,1H3. The summed E-state index contributed by atoms with van der Waals surface area (Å²) < 4.78 is 11.2. The van der Waals surface area contributed by atoms with Gasteiger partial charge in [0, 0.05) is 6.54 Å². The molecule has 0 saturated carbocycles. The van der Waals surface area contributed by atoms with Crippen LogP contribution in [0.3, 0.4) is 0 Å². The van der Waals surface area contributed by atoms with Crippen LogP contribution in [0.1, 0.15) is 16.7 Å². The molecule has 0 radical (unpaired) electrons. The van der Waals surface area contributed by atoms with Gasteiger partial charge in [0.15, 0.2) is 0 Å². The molecule has 0 spiro atoms. The van der Waals surface area contributed by atoms with Gasteiger partial charge in [-0.15, -0.1) is 0 Å². The molecule has 0 aliphatic heterocycles. The number of ether oxygens (including phenoxy) is 2. The van der Waals surface area contributed by atoms with Gasteiger partial charge in [0.2, 0.25) is 0 Å². The lowest BCUT2D eigenvalue weighted by Crippen LogP contribution is -2.16. The summed E-state index contributed by atoms with van der Waals surface area (Å²) in [4.78, 5) is 0. The zero-order valence-corrected chi connectivity index (χ0v) is 15.2. The first-order valence-corrected chi connectivity index (χ1v) is 8.93. The largest absolute Gasteiger partial charge is 0.497 e. The average molecular weight is 347 g/mol. The highest BCUT2D eigenvalue weighted by molar-refractivity contribution is 5.30. The summed E-state index contributed by atoms with van der Waals surface area (Å²) >= 11 is 0. The lowest BCUT2D eigenvalue weighted by atomic mass is 10.1. The van der Waals surface area contributed by atoms with E-state index in [0.717, 1.165) is 31.0 Å². The Morgan fingerprint density at radius 2 is 1.42 bits per heavy atom. The van der Waals surface area contributed by atoms with Crippen molar-refractivity contribution < 1.29 is 9.47 Å². The topological polar surface area (TPSA) is 30.5 Å². The van der Waals surface area contributed by atoms with Gasteiger partial charge < -0.3 is 14.8 Å². The molecule has 3 nitrogen and oxygen atoms in total. The van der Waals surface area contributed by atoms with Crippen molar-refractivity contribution >= 4 is 0 Å². The highest BCUT2D eigenvalue weighted by Crippen LogP contribution is 2.16. The molecular formula is C23H25NO2. The van der Waals surface area contributed by atoms with Crippen molar-refractivity contribution in [2.24, 2.45) is 0 Å². The first-order valence-electron chi connectivity index (χ1n) is 8.93. The molecule has 0 heterocycles. The number of benzene rings is 3. The fourth-order valence-electron chi connectivity index (χ4n) is 2.78. The number of hydrogen-bond acceptors (Lipinski definition) is 3. The van der Waals surface area contributed by atoms with Crippen molar-refractivity contribution in [1.29, 1.82) is 0 Å². The second-order valence-electron chi connectivity index (χ2n) is 6.20. The minimum absolute atomic E-state index is 0.591. The van der Waals surface area contributed by atoms with Gasteiger partial charge in [-0.3, -0.25) is 0 Å². The fourth-order valence-corrected chi connectivity index (χ4v) is 2.78. The van der Waals surface area contributed by atoms with Crippen LogP contribution in [0.5, 0.6) is 11.5 Å². The molecule has 0 unspecified atom stereocenters. The van der Waals surface area contributed by atoms with Gasteiger partial charge in [0.25, 0.3) is 0 Å². The molecule has 1 N–H and O–H groups in total. The van der Waals surface area contributed by atoms with Crippen LogP contribution in [0.25, 0.3) is 0 Å². The third-order valence-corrected chi connectivity index (χ3v) is 4.20. The lowest BCUT2D eigenvalue weighted by Gasteiger charge is -2.09. The molecule has 3 aromatic rings. The number of methoxy groups -OCH3 is 1. The minimum atomic E-state index is 0.591. The van der Waals surface area contributed by atoms with Crippen molar-refractivity contribution in [3.63, 3.8) is 0 Å². The van der Waals surface area contributed by atoms with Gasteiger partial charge in [0.1, 0.15) is 18.1 Å². The van der Waals surface area contributed by atoms with Crippen LogP contribution in [0.15, 0.2) is 78.9 Å². The predicted molar refractivity (Wildman–Crippen MR) is 106 cm³/mol. The van der Waals surface area contributed by atoms with Crippen LogP contribution < -0.4 is 14.8 Å². The van der Waals surface area contributed by atoms with E-state index in [1.165, 1.54) is 16.7 Å². The van der Waals surface area contributed by atoms with E-state index in [1.807, 2.05) is 42.5 Å². The second-order valence-corrected chi connectivity index (χ2v) is 6.20. The molecule has 26 heavy (non-hydrogen) atoms. The van der Waals surface area contributed by atoms with Gasteiger partial charge in [-0.25, -0.2) is 0 Å². The third-order valence-electron chi connectivity index (χ3n) is 4.20. The summed E-state index contributed by atoms with van der Waals surface area (Å²) in [5.41, 5.74) is 3.67. The number of nitrogens with one attached hydrogen (secondary N) is 1. The van der Waals surface area contributed by atoms with E-state index in [0.29, 0.717) is 6.61 Å². The average Bonchev–Trinajstić information content (AvgIpc) is 2.71. The van der Waals surface area contributed by atoms with E-state index in [2.05, 4.69) is 41.7 Å². The van der Waals surface area contributed by atoms with Crippen LogP contribution in [0.4, 0.5) is 0 Å². The van der Waals surface area contributed by atoms with Crippen LogP contribution in [-0.2, 0) is 19.6 Å². The summed E-state index contributed by atoms with van der Waals surface area (Å²) in [6.45, 7) is 2.34. The molecule has 134 valence electrons. The Morgan fingerprint density at radius 1 is 0.731 bits per heavy atom. The summed E-state index contributed by atoms with van der Waals surface area (Å²) in [6.07, 6.45) is 0.974. The highest BCUT2D eigenvalue weighted by atomic mass is 16.5. The molecule has 0 aliphatic carbocycles. The molecule has 3 aromatic carbocycles. The zero-order chi connectivity index (χ0) is 18.0. The molecule has 0 saturated heterocycles. The van der Waals surface area contributed by atoms with Gasteiger partial charge in [-0.05, 0) is 53.9 Å². The Balaban J connectivity index is 1.44. The van der Waals surface area contributed by atoms with Crippen LogP contribution in [0.2, 0.25) is 0 Å². The second kappa shape index (κ2) is 9.64. The van der Waals surface area contributed by atoms with E-state index < -0.39 is 0 Å². The summed E-state index contributed by atoms with van der Waals surface area (Å²) in [5.74, 6) is 1.81. The summed E-state index contributed by atoms with van der Waals surface area (Å²) in [5, 5.41) is 3.49. The Morgan fingerprint density at radius 3 is 2.23 bits per heavy atom. The van der Waals surface area contributed by atoms with Crippen molar-refractivity contribution in [2.45, 2.75) is 19.6 Å². The zero-order valence-electron chi connectivity index (χ0n) is 15.2. The highest BCUT2D eigenvalue weighted by Gasteiger charge is 2.00. The number of rotatable bonds is 9. The summed E-state index contributed by atoms with van der Waals surface area (Å²) in [6, 6.07) is 26.7. The fraction of sp³-hybridized carbons (Fsp3) is 0.217. The number of hydrogen-bond donors (Lipinski definition) is 1. The Kier molecular flexibility index (Phi) is 6.68. The van der Waals surface area contributed by atoms with E-state index in [9.17, 15) is 0 Å². The van der Waals surface area contributed by atoms with E-state index in [4.69, 9.17) is 9.47 Å². The van der Waals surface area contributed by atoms with Crippen molar-refractivity contribution in [3.05, 3.63) is 95.6 Å². The summed E-state index contributed by atoms with van der Waals surface area (Å²) in [7, 11) is 1.70. The molecule has 0 bridgehead atoms. The van der Waals surface area contributed by atoms with Crippen molar-refractivity contribution in [3.8, 4) is 11.5 Å². The van der Waals surface area contributed by atoms with Crippen LogP contribution in [-0.4, -0.2) is 13.7 Å². The van der Waals surface area contributed by atoms with Gasteiger partial charge in [-0.2, -0.15) is 0 Å². The smallest absolute Gasteiger partial charge is 0.120 e. The molecule has 0 fully saturated rings. The molecular weight excluding hydrogens is 322 g/mol. The Hall–Kier alpha value is -2.78. The lowest BCUT2D eigenvalue weighted by molar-refractivity contribution is 0.306. The maximum Gasteiger partial charge on any atom is 0.120 e. The van der Waals surface area contributed by atoms with Crippen molar-refractivity contribution in [2.75, 3.05) is 13.7 Å². The third kappa shape index (κ3) is 5.64. The van der Waals surface area contributed by atoms with E-state index in [-0.39, 0.29) is 0 Å². The SMILES string of the molecule is COc1cccc(CCNCc2cccc(OCc3ccccc3)c2)c1. The first kappa shape index (κ1) is 18.0. The maximum atomic E-state index is 5.89. The normalized spacial score (nSPS) is 10.5. The quantitative estimate of drug-likeness (QED) is 0.574. The Bertz CT molecular complexity index is 802. The molecule has 0 aromatic heterocycles. The molecule has 3 rings (SSSR count). The first-order chi connectivity index (χ1) is 12.8. The Labute approximate surface area is 155 Å². The predicted octanol–water partition coefficient (Wildman–Crippen LogP) is 4.61. The molecule has 3 heteroatoms. The van der Waals surface area contributed by atoms with Crippen molar-refractivity contribution in [1.82, 2.24) is 5.32 Å². The van der Waals surface area contributed by atoms with Gasteiger partial charge in [-0.1, -0.05) is 54.6 Å². The molecule has 0 amide bonds. The molecule has 0 atom stereocenters. The van der Waals surface area contributed by atoms with Crippen LogP contribution in [0, 0.1) is 0 Å². The van der Waals surface area contributed by atoms with Gasteiger partial charge in [0.05, 0.1) is 7.11 Å². The minimum Gasteiger partial charge on any atom is -0.497 e. The van der Waals surface area contributed by atoms with E-state index >= 15 is 0 Å². The monoisotopic (exact) mass is 347 g/mol. The van der Waals surface area contributed by atoms with E-state index in [1.54, 1.807) is 7.11 Å².